The van der Waals surface area contributed by atoms with E-state index in [1.165, 1.54) is 6.07 Å². The van der Waals surface area contributed by atoms with Crippen LogP contribution < -0.4 is 0 Å². The van der Waals surface area contributed by atoms with Crippen LogP contribution in [0, 0.1) is 5.82 Å². The minimum atomic E-state index is -0.674. The van der Waals surface area contributed by atoms with Gasteiger partial charge in [0.25, 0.3) is 0 Å². The van der Waals surface area contributed by atoms with Gasteiger partial charge in [0.2, 0.25) is 0 Å². The highest BCUT2D eigenvalue weighted by atomic mass is 19.1. The normalized spacial score (nSPS) is 33.1. The molecule has 4 nitrogen and oxygen atoms in total. The van der Waals surface area contributed by atoms with Crippen molar-refractivity contribution in [1.29, 1.82) is 0 Å². The van der Waals surface area contributed by atoms with Gasteiger partial charge in [-0.3, -0.25) is 0 Å². The van der Waals surface area contributed by atoms with Gasteiger partial charge in [-0.1, -0.05) is 31.5 Å². The summed E-state index contributed by atoms with van der Waals surface area (Å²) in [6.45, 7) is 6.01. The van der Waals surface area contributed by atoms with Crippen molar-refractivity contribution in [3.63, 3.8) is 0 Å². The summed E-state index contributed by atoms with van der Waals surface area (Å²) >= 11 is 0. The van der Waals surface area contributed by atoms with E-state index in [2.05, 4.69) is 6.92 Å². The van der Waals surface area contributed by atoms with Crippen molar-refractivity contribution in [2.45, 2.75) is 70.6 Å². The fraction of sp³-hybridized carbons (Fsp3) is 0.647. The van der Waals surface area contributed by atoms with Gasteiger partial charge < -0.3 is 18.9 Å². The summed E-state index contributed by atoms with van der Waals surface area (Å²) in [7, 11) is 0. The maximum atomic E-state index is 13.7. The molecule has 3 rings (SSSR count). The van der Waals surface area contributed by atoms with Crippen molar-refractivity contribution in [3.05, 3.63) is 35.6 Å². The average molecular weight is 310 g/mol. The Morgan fingerprint density at radius 3 is 2.73 bits per heavy atom. The highest BCUT2D eigenvalue weighted by Gasteiger charge is 2.54. The van der Waals surface area contributed by atoms with Crippen molar-refractivity contribution >= 4 is 0 Å². The highest BCUT2D eigenvalue weighted by molar-refractivity contribution is 5.16. The number of benzene rings is 1. The van der Waals surface area contributed by atoms with E-state index in [0.717, 1.165) is 12.8 Å². The van der Waals surface area contributed by atoms with Crippen molar-refractivity contribution in [2.24, 2.45) is 0 Å². The maximum Gasteiger partial charge on any atom is 0.190 e. The zero-order valence-corrected chi connectivity index (χ0v) is 13.3. The molecular formula is C17H23FO4. The summed E-state index contributed by atoms with van der Waals surface area (Å²) in [5.74, 6) is -0.930. The lowest BCUT2D eigenvalue weighted by molar-refractivity contribution is -0.219. The van der Waals surface area contributed by atoms with Crippen LogP contribution in [0.4, 0.5) is 4.39 Å². The Kier molecular flexibility index (Phi) is 4.50. The molecule has 4 atom stereocenters. The first-order valence-corrected chi connectivity index (χ1v) is 7.86. The SMILES string of the molecule is CCC[C@H]1O[C@@H]2OC(C)(C)O[C@@H]2[C@H]1OCc1ccccc1F. The van der Waals surface area contributed by atoms with Crippen molar-refractivity contribution in [1.82, 2.24) is 0 Å². The molecule has 2 aliphatic heterocycles. The number of ether oxygens (including phenoxy) is 4. The Bertz CT molecular complexity index is 519. The molecule has 0 amide bonds. The van der Waals surface area contributed by atoms with Crippen LogP contribution >= 0.6 is 0 Å². The molecule has 0 unspecified atom stereocenters. The third kappa shape index (κ3) is 3.18. The third-order valence-corrected chi connectivity index (χ3v) is 4.05. The molecule has 0 spiro atoms. The Hall–Kier alpha value is -1.01. The molecule has 0 saturated carbocycles. The van der Waals surface area contributed by atoms with Crippen LogP contribution in [0.5, 0.6) is 0 Å². The summed E-state index contributed by atoms with van der Waals surface area (Å²) in [6, 6.07) is 6.64. The highest BCUT2D eigenvalue weighted by Crippen LogP contribution is 2.40. The van der Waals surface area contributed by atoms with Gasteiger partial charge in [0.15, 0.2) is 12.1 Å². The number of rotatable bonds is 5. The van der Waals surface area contributed by atoms with Crippen LogP contribution in [0.3, 0.4) is 0 Å². The molecular weight excluding hydrogens is 287 g/mol. The van der Waals surface area contributed by atoms with Crippen molar-refractivity contribution in [3.8, 4) is 0 Å². The van der Waals surface area contributed by atoms with E-state index in [4.69, 9.17) is 18.9 Å². The number of hydrogen-bond donors (Lipinski definition) is 0. The summed E-state index contributed by atoms with van der Waals surface area (Å²) in [6.07, 6.45) is 0.847. The first-order valence-electron chi connectivity index (χ1n) is 7.86. The van der Waals surface area contributed by atoms with E-state index >= 15 is 0 Å². The largest absolute Gasteiger partial charge is 0.368 e. The summed E-state index contributed by atoms with van der Waals surface area (Å²) in [4.78, 5) is 0. The second-order valence-electron chi connectivity index (χ2n) is 6.30. The summed E-state index contributed by atoms with van der Waals surface area (Å²) < 4.78 is 37.3. The molecule has 1 aromatic carbocycles. The maximum absolute atomic E-state index is 13.7. The Labute approximate surface area is 130 Å². The molecule has 2 fully saturated rings. The van der Waals surface area contributed by atoms with Crippen LogP contribution in [-0.2, 0) is 25.6 Å². The molecule has 2 saturated heterocycles. The fourth-order valence-electron chi connectivity index (χ4n) is 3.07. The van der Waals surface area contributed by atoms with Crippen LogP contribution in [0.1, 0.15) is 39.2 Å². The molecule has 0 aliphatic carbocycles. The lowest BCUT2D eigenvalue weighted by atomic mass is 10.1. The monoisotopic (exact) mass is 310 g/mol. The zero-order chi connectivity index (χ0) is 15.7. The molecule has 0 radical (unpaired) electrons. The van der Waals surface area contributed by atoms with Crippen molar-refractivity contribution < 1.29 is 23.3 Å². The van der Waals surface area contributed by atoms with E-state index in [1.54, 1.807) is 18.2 Å². The second-order valence-corrected chi connectivity index (χ2v) is 6.30. The molecule has 1 aromatic rings. The van der Waals surface area contributed by atoms with Crippen LogP contribution in [0.15, 0.2) is 24.3 Å². The van der Waals surface area contributed by atoms with Gasteiger partial charge in [0.05, 0.1) is 12.7 Å². The first kappa shape index (κ1) is 15.9. The lowest BCUT2D eigenvalue weighted by Gasteiger charge is -2.25. The number of halogens is 1. The predicted octanol–water partition coefficient (Wildman–Crippen LogP) is 3.39. The summed E-state index contributed by atoms with van der Waals surface area (Å²) in [5, 5.41) is 0. The van der Waals surface area contributed by atoms with Gasteiger partial charge in [0, 0.05) is 5.56 Å². The molecule has 0 N–H and O–H groups in total. The predicted molar refractivity (Wildman–Crippen MR) is 78.6 cm³/mol. The van der Waals surface area contributed by atoms with Gasteiger partial charge in [-0.25, -0.2) is 4.39 Å². The van der Waals surface area contributed by atoms with Crippen LogP contribution in [0.25, 0.3) is 0 Å². The van der Waals surface area contributed by atoms with E-state index < -0.39 is 12.1 Å². The zero-order valence-electron chi connectivity index (χ0n) is 13.3. The fourth-order valence-corrected chi connectivity index (χ4v) is 3.07. The molecule has 2 heterocycles. The molecule has 5 heteroatoms. The van der Waals surface area contributed by atoms with Crippen LogP contribution in [0.2, 0.25) is 0 Å². The third-order valence-electron chi connectivity index (χ3n) is 4.05. The smallest absolute Gasteiger partial charge is 0.190 e. The van der Waals surface area contributed by atoms with Gasteiger partial charge in [-0.15, -0.1) is 0 Å². The number of fused-ring (bicyclic) bond motifs is 1. The van der Waals surface area contributed by atoms with E-state index in [-0.39, 0.29) is 30.7 Å². The molecule has 22 heavy (non-hydrogen) atoms. The van der Waals surface area contributed by atoms with Gasteiger partial charge in [-0.05, 0) is 26.3 Å². The molecule has 122 valence electrons. The van der Waals surface area contributed by atoms with Gasteiger partial charge in [-0.2, -0.15) is 0 Å². The van der Waals surface area contributed by atoms with E-state index in [1.807, 2.05) is 13.8 Å². The van der Waals surface area contributed by atoms with E-state index in [9.17, 15) is 4.39 Å². The molecule has 0 bridgehead atoms. The quantitative estimate of drug-likeness (QED) is 0.835. The second kappa shape index (κ2) is 6.24. The standard InChI is InChI=1S/C17H23FO4/c1-4-7-13-14(15-16(20-13)22-17(2,3)21-15)19-10-11-8-5-6-9-12(11)18/h5-6,8-9,13-16H,4,7,10H2,1-3H3/t13-,14+,15-,16-/m1/s1. The Morgan fingerprint density at radius 1 is 1.23 bits per heavy atom. The summed E-state index contributed by atoms with van der Waals surface area (Å²) in [5.41, 5.74) is 0.541. The Morgan fingerprint density at radius 2 is 2.00 bits per heavy atom. The first-order chi connectivity index (χ1) is 10.5. The minimum Gasteiger partial charge on any atom is -0.368 e. The lowest BCUT2D eigenvalue weighted by Crippen LogP contribution is -2.36. The van der Waals surface area contributed by atoms with Gasteiger partial charge in [0.1, 0.15) is 18.0 Å². The topological polar surface area (TPSA) is 36.9 Å². The van der Waals surface area contributed by atoms with E-state index in [0.29, 0.717) is 5.56 Å². The molecule has 2 aliphatic rings. The molecule has 0 aromatic heterocycles. The van der Waals surface area contributed by atoms with Gasteiger partial charge >= 0.3 is 0 Å². The van der Waals surface area contributed by atoms with Crippen molar-refractivity contribution in [2.75, 3.05) is 0 Å². The number of hydrogen-bond acceptors (Lipinski definition) is 4. The average Bonchev–Trinajstić information content (AvgIpc) is 2.90. The Balaban J connectivity index is 1.70. The van der Waals surface area contributed by atoms with Crippen LogP contribution in [-0.4, -0.2) is 30.4 Å². The minimum absolute atomic E-state index is 0.0807.